The molecule has 0 aliphatic carbocycles. The molecule has 2 aromatic carbocycles. The smallest absolute Gasteiger partial charge is 0.326 e. The van der Waals surface area contributed by atoms with Gasteiger partial charge in [0, 0.05) is 6.26 Å². The molecular weight excluding hydrogens is 436 g/mol. The van der Waals surface area contributed by atoms with E-state index in [2.05, 4.69) is 11.9 Å². The first-order valence-electron chi connectivity index (χ1n) is 9.85. The number of carbonyl (C=O) groups is 2. The third-order valence-electron chi connectivity index (χ3n) is 4.68. The van der Waals surface area contributed by atoms with Gasteiger partial charge in [0.25, 0.3) is 5.91 Å². The molecule has 0 radical (unpaired) electrons. The minimum Gasteiger partial charge on any atom is -0.465 e. The zero-order chi connectivity index (χ0) is 22.6. The van der Waals surface area contributed by atoms with Gasteiger partial charge in [0.15, 0.2) is 14.6 Å². The summed E-state index contributed by atoms with van der Waals surface area (Å²) in [4.78, 5) is 29.4. The number of ether oxygens (including phenoxy) is 1. The van der Waals surface area contributed by atoms with Crippen molar-refractivity contribution in [1.29, 1.82) is 0 Å². The van der Waals surface area contributed by atoms with Crippen LogP contribution in [0.1, 0.15) is 25.0 Å². The average molecular weight is 461 g/mol. The van der Waals surface area contributed by atoms with Crippen molar-refractivity contribution in [2.45, 2.75) is 38.1 Å². The maximum absolute atomic E-state index is 12.6. The van der Waals surface area contributed by atoms with Gasteiger partial charge < -0.3 is 9.30 Å². The van der Waals surface area contributed by atoms with Crippen LogP contribution in [0.4, 0.5) is 0 Å². The second-order valence-electron chi connectivity index (χ2n) is 7.03. The van der Waals surface area contributed by atoms with Crippen molar-refractivity contribution in [1.82, 2.24) is 4.57 Å². The van der Waals surface area contributed by atoms with Gasteiger partial charge in [-0.15, -0.1) is 0 Å². The second-order valence-corrected chi connectivity index (χ2v) is 10.1. The van der Waals surface area contributed by atoms with Crippen molar-refractivity contribution in [2.75, 3.05) is 12.9 Å². The standard InChI is InChI=1S/C22H24N2O5S2/c1-4-15-6-8-16(9-7-15)12-20(25)23-22-24(14-21(26)29-5-2)18-11-10-17(31(3,27)28)13-19(18)30-22/h6-11,13H,4-5,12,14H2,1-3H3. The van der Waals surface area contributed by atoms with E-state index in [0.29, 0.717) is 15.0 Å². The molecule has 31 heavy (non-hydrogen) atoms. The number of esters is 1. The Kier molecular flexibility index (Phi) is 7.07. The fourth-order valence-electron chi connectivity index (χ4n) is 3.07. The molecule has 0 aliphatic rings. The van der Waals surface area contributed by atoms with Crippen LogP contribution in [0.25, 0.3) is 10.2 Å². The van der Waals surface area contributed by atoms with Crippen molar-refractivity contribution in [3.05, 3.63) is 58.4 Å². The molecule has 7 nitrogen and oxygen atoms in total. The molecule has 0 spiro atoms. The van der Waals surface area contributed by atoms with Crippen LogP contribution in [0.3, 0.4) is 0 Å². The Hall–Kier alpha value is -2.78. The van der Waals surface area contributed by atoms with E-state index in [1.165, 1.54) is 17.7 Å². The highest BCUT2D eigenvalue weighted by molar-refractivity contribution is 7.90. The Morgan fingerprint density at radius 2 is 1.74 bits per heavy atom. The van der Waals surface area contributed by atoms with Crippen molar-refractivity contribution < 1.29 is 22.7 Å². The highest BCUT2D eigenvalue weighted by atomic mass is 32.2. The first-order valence-corrected chi connectivity index (χ1v) is 12.6. The number of amides is 1. The number of sulfone groups is 1. The third kappa shape index (κ3) is 5.68. The summed E-state index contributed by atoms with van der Waals surface area (Å²) in [7, 11) is -3.39. The minimum atomic E-state index is -3.39. The highest BCUT2D eigenvalue weighted by Gasteiger charge is 2.15. The second kappa shape index (κ2) is 9.57. The summed E-state index contributed by atoms with van der Waals surface area (Å²) in [6, 6.07) is 12.4. The van der Waals surface area contributed by atoms with Crippen LogP contribution < -0.4 is 4.80 Å². The molecule has 0 saturated heterocycles. The number of hydrogen-bond donors (Lipinski definition) is 0. The molecule has 0 saturated carbocycles. The molecule has 1 aromatic heterocycles. The van der Waals surface area contributed by atoms with Gasteiger partial charge in [0.05, 0.1) is 28.1 Å². The molecule has 0 aliphatic heterocycles. The number of aromatic nitrogens is 1. The van der Waals surface area contributed by atoms with Gasteiger partial charge in [-0.3, -0.25) is 9.59 Å². The van der Waals surface area contributed by atoms with Gasteiger partial charge in [-0.25, -0.2) is 8.42 Å². The normalized spacial score (nSPS) is 12.3. The van der Waals surface area contributed by atoms with Crippen molar-refractivity contribution in [3.63, 3.8) is 0 Å². The lowest BCUT2D eigenvalue weighted by atomic mass is 10.1. The van der Waals surface area contributed by atoms with Crippen LogP contribution in [0.5, 0.6) is 0 Å². The van der Waals surface area contributed by atoms with Crippen LogP contribution in [-0.2, 0) is 43.5 Å². The fourth-order valence-corrected chi connectivity index (χ4v) is 4.88. The summed E-state index contributed by atoms with van der Waals surface area (Å²) >= 11 is 1.16. The molecule has 3 rings (SSSR count). The van der Waals surface area contributed by atoms with Crippen molar-refractivity contribution in [3.8, 4) is 0 Å². The third-order valence-corrected chi connectivity index (χ3v) is 6.83. The number of thiazole rings is 1. The molecule has 0 bridgehead atoms. The molecule has 164 valence electrons. The number of carbonyl (C=O) groups excluding carboxylic acids is 2. The number of hydrogen-bond acceptors (Lipinski definition) is 6. The summed E-state index contributed by atoms with van der Waals surface area (Å²) < 4.78 is 31.1. The lowest BCUT2D eigenvalue weighted by Gasteiger charge is -2.05. The summed E-state index contributed by atoms with van der Waals surface area (Å²) in [6.45, 7) is 3.89. The summed E-state index contributed by atoms with van der Waals surface area (Å²) in [5.41, 5.74) is 2.65. The van der Waals surface area contributed by atoms with E-state index in [-0.39, 0.29) is 30.4 Å². The molecule has 0 atom stereocenters. The van der Waals surface area contributed by atoms with Crippen LogP contribution in [0.2, 0.25) is 0 Å². The average Bonchev–Trinajstić information content (AvgIpc) is 3.04. The van der Waals surface area contributed by atoms with Gasteiger partial charge in [-0.2, -0.15) is 4.99 Å². The largest absolute Gasteiger partial charge is 0.465 e. The first kappa shape index (κ1) is 22.9. The molecular formula is C22H24N2O5S2. The quantitative estimate of drug-likeness (QED) is 0.505. The Balaban J connectivity index is 2.02. The van der Waals surface area contributed by atoms with Gasteiger partial charge in [0.2, 0.25) is 0 Å². The minimum absolute atomic E-state index is 0.122. The predicted molar refractivity (Wildman–Crippen MR) is 120 cm³/mol. The topological polar surface area (TPSA) is 94.8 Å². The Labute approximate surface area is 184 Å². The zero-order valence-electron chi connectivity index (χ0n) is 17.6. The lowest BCUT2D eigenvalue weighted by molar-refractivity contribution is -0.143. The molecule has 3 aromatic rings. The lowest BCUT2D eigenvalue weighted by Crippen LogP contribution is -2.23. The van der Waals surface area contributed by atoms with E-state index in [1.807, 2.05) is 24.3 Å². The first-order chi connectivity index (χ1) is 14.7. The van der Waals surface area contributed by atoms with Gasteiger partial charge >= 0.3 is 5.97 Å². The number of rotatable bonds is 7. The predicted octanol–water partition coefficient (Wildman–Crippen LogP) is 2.90. The van der Waals surface area contributed by atoms with Crippen LogP contribution in [0.15, 0.2) is 52.4 Å². The van der Waals surface area contributed by atoms with Crippen molar-refractivity contribution >= 4 is 43.3 Å². The molecule has 9 heteroatoms. The molecule has 0 N–H and O–H groups in total. The Bertz CT molecular complexity index is 1290. The van der Waals surface area contributed by atoms with E-state index in [4.69, 9.17) is 4.74 Å². The van der Waals surface area contributed by atoms with Gasteiger partial charge in [-0.1, -0.05) is 42.5 Å². The number of benzene rings is 2. The maximum Gasteiger partial charge on any atom is 0.326 e. The summed E-state index contributed by atoms with van der Waals surface area (Å²) in [5, 5.41) is 0. The van der Waals surface area contributed by atoms with Crippen LogP contribution >= 0.6 is 11.3 Å². The number of nitrogens with zero attached hydrogens (tertiary/aromatic N) is 2. The monoisotopic (exact) mass is 460 g/mol. The molecule has 0 fully saturated rings. The van der Waals surface area contributed by atoms with E-state index in [1.54, 1.807) is 17.6 Å². The van der Waals surface area contributed by atoms with E-state index in [0.717, 1.165) is 29.6 Å². The van der Waals surface area contributed by atoms with Crippen molar-refractivity contribution in [2.24, 2.45) is 4.99 Å². The fraction of sp³-hybridized carbons (Fsp3) is 0.318. The summed E-state index contributed by atoms with van der Waals surface area (Å²) in [5.74, 6) is -0.810. The SMILES string of the molecule is CCOC(=O)Cn1c(=NC(=O)Cc2ccc(CC)cc2)sc2cc(S(C)(=O)=O)ccc21. The number of aryl methyl sites for hydroxylation is 1. The Morgan fingerprint density at radius 1 is 1.06 bits per heavy atom. The molecule has 0 unspecified atom stereocenters. The van der Waals surface area contributed by atoms with Gasteiger partial charge in [-0.05, 0) is 42.7 Å². The van der Waals surface area contributed by atoms with E-state index < -0.39 is 15.8 Å². The Morgan fingerprint density at radius 3 is 2.35 bits per heavy atom. The van der Waals surface area contributed by atoms with Gasteiger partial charge in [0.1, 0.15) is 6.54 Å². The summed E-state index contributed by atoms with van der Waals surface area (Å²) in [6.07, 6.45) is 2.18. The molecule has 1 heterocycles. The maximum atomic E-state index is 12.6. The molecule has 1 amide bonds. The van der Waals surface area contributed by atoms with E-state index in [9.17, 15) is 18.0 Å². The number of fused-ring (bicyclic) bond motifs is 1. The zero-order valence-corrected chi connectivity index (χ0v) is 19.3. The van der Waals surface area contributed by atoms with Crippen LogP contribution in [0, 0.1) is 0 Å². The van der Waals surface area contributed by atoms with E-state index >= 15 is 0 Å². The van der Waals surface area contributed by atoms with Crippen LogP contribution in [-0.4, -0.2) is 37.7 Å². The highest BCUT2D eigenvalue weighted by Crippen LogP contribution is 2.22.